The van der Waals surface area contributed by atoms with E-state index in [4.69, 9.17) is 5.11 Å². The summed E-state index contributed by atoms with van der Waals surface area (Å²) >= 11 is 0. The molecule has 0 aromatic heterocycles. The summed E-state index contributed by atoms with van der Waals surface area (Å²) in [6.07, 6.45) is -3.71. The van der Waals surface area contributed by atoms with Crippen LogP contribution < -0.4 is 0 Å². The predicted molar refractivity (Wildman–Crippen MR) is 68.9 cm³/mol. The van der Waals surface area contributed by atoms with Crippen LogP contribution in [0.3, 0.4) is 0 Å². The van der Waals surface area contributed by atoms with Crippen molar-refractivity contribution in [3.8, 4) is 0 Å². The molecule has 0 aliphatic heterocycles. The fraction of sp³-hybridized carbons (Fsp3) is 0.500. The van der Waals surface area contributed by atoms with Gasteiger partial charge in [-0.3, -0.25) is 0 Å². The molecule has 0 saturated heterocycles. The minimum atomic E-state index is -4.13. The van der Waals surface area contributed by atoms with E-state index in [1.54, 1.807) is 0 Å². The molecule has 1 aromatic rings. The van der Waals surface area contributed by atoms with Gasteiger partial charge in [0, 0.05) is 6.54 Å². The summed E-state index contributed by atoms with van der Waals surface area (Å²) in [7, 11) is -4.13. The van der Waals surface area contributed by atoms with Gasteiger partial charge in [0.2, 0.25) is 10.0 Å². The zero-order valence-corrected chi connectivity index (χ0v) is 11.7. The first-order valence-electron chi connectivity index (χ1n) is 5.96. The molecule has 0 aliphatic rings. The van der Waals surface area contributed by atoms with Gasteiger partial charge >= 0.3 is 0 Å². The molecule has 114 valence electrons. The summed E-state index contributed by atoms with van der Waals surface area (Å²) in [6.45, 7) is -0.480. The molecule has 5 nitrogen and oxygen atoms in total. The van der Waals surface area contributed by atoms with Crippen LogP contribution in [0.5, 0.6) is 0 Å². The third kappa shape index (κ3) is 4.20. The van der Waals surface area contributed by atoms with Gasteiger partial charge in [-0.25, -0.2) is 17.2 Å². The lowest BCUT2D eigenvalue weighted by atomic mass is 10.1. The highest BCUT2D eigenvalue weighted by Gasteiger charge is 2.27. The summed E-state index contributed by atoms with van der Waals surface area (Å²) in [5, 5.41) is 18.2. The first-order chi connectivity index (χ1) is 9.28. The van der Waals surface area contributed by atoms with Gasteiger partial charge in [-0.15, -0.1) is 0 Å². The molecule has 0 amide bonds. The average molecular weight is 309 g/mol. The lowest BCUT2D eigenvalue weighted by Crippen LogP contribution is -2.37. The number of halogens is 2. The predicted octanol–water partition coefficient (Wildman–Crippen LogP) is 0.988. The number of rotatable bonds is 7. The van der Waals surface area contributed by atoms with E-state index in [2.05, 4.69) is 0 Å². The van der Waals surface area contributed by atoms with Crippen molar-refractivity contribution in [3.63, 3.8) is 0 Å². The molecule has 1 aromatic carbocycles. The molecule has 0 heterocycles. The van der Waals surface area contributed by atoms with Crippen LogP contribution in [0.1, 0.15) is 18.6 Å². The number of aliphatic hydroxyl groups is 2. The monoisotopic (exact) mass is 309 g/mol. The maximum absolute atomic E-state index is 12.4. The SMILES string of the molecule is CC(O)c1cccc(S(=O)(=O)N(CCO)CC(F)F)c1. The number of alkyl halides is 2. The van der Waals surface area contributed by atoms with Gasteiger partial charge in [-0.2, -0.15) is 4.31 Å². The Labute approximate surface area is 116 Å². The lowest BCUT2D eigenvalue weighted by Gasteiger charge is -2.21. The second-order valence-corrected chi connectivity index (χ2v) is 6.16. The Bertz CT molecular complexity index is 534. The lowest BCUT2D eigenvalue weighted by molar-refractivity contribution is 0.113. The Morgan fingerprint density at radius 1 is 1.35 bits per heavy atom. The average Bonchev–Trinajstić information content (AvgIpc) is 2.38. The number of sulfonamides is 1. The molecule has 1 rings (SSSR count). The Balaban J connectivity index is 3.15. The molecular formula is C12H17F2NO4S. The Kier molecular flexibility index (Phi) is 6.00. The molecule has 0 fully saturated rings. The summed E-state index contributed by atoms with van der Waals surface area (Å²) < 4.78 is 49.9. The van der Waals surface area contributed by atoms with E-state index in [-0.39, 0.29) is 4.90 Å². The molecule has 0 saturated carbocycles. The van der Waals surface area contributed by atoms with Gasteiger partial charge in [-0.05, 0) is 24.6 Å². The second kappa shape index (κ2) is 7.07. The van der Waals surface area contributed by atoms with E-state index in [0.29, 0.717) is 9.87 Å². The molecule has 0 bridgehead atoms. The van der Waals surface area contributed by atoms with Gasteiger partial charge in [0.05, 0.1) is 24.2 Å². The normalized spacial score (nSPS) is 13.9. The Morgan fingerprint density at radius 2 is 2.00 bits per heavy atom. The van der Waals surface area contributed by atoms with Crippen molar-refractivity contribution in [3.05, 3.63) is 29.8 Å². The quantitative estimate of drug-likeness (QED) is 0.787. The van der Waals surface area contributed by atoms with E-state index in [0.717, 1.165) is 0 Å². The van der Waals surface area contributed by atoms with Gasteiger partial charge < -0.3 is 10.2 Å². The van der Waals surface area contributed by atoms with E-state index < -0.39 is 42.2 Å². The van der Waals surface area contributed by atoms with Crippen molar-refractivity contribution in [1.29, 1.82) is 0 Å². The maximum atomic E-state index is 12.4. The highest BCUT2D eigenvalue weighted by Crippen LogP contribution is 2.21. The van der Waals surface area contributed by atoms with Crippen LogP contribution in [0.2, 0.25) is 0 Å². The topological polar surface area (TPSA) is 77.8 Å². The molecule has 0 aliphatic carbocycles. The van der Waals surface area contributed by atoms with Gasteiger partial charge in [0.1, 0.15) is 0 Å². The van der Waals surface area contributed by atoms with Crippen LogP contribution in [-0.2, 0) is 10.0 Å². The van der Waals surface area contributed by atoms with Crippen molar-refractivity contribution in [2.75, 3.05) is 19.7 Å². The van der Waals surface area contributed by atoms with Crippen LogP contribution in [0.15, 0.2) is 29.2 Å². The van der Waals surface area contributed by atoms with E-state index in [1.165, 1.54) is 31.2 Å². The molecule has 2 N–H and O–H groups in total. The number of benzene rings is 1. The van der Waals surface area contributed by atoms with Crippen molar-refractivity contribution in [2.45, 2.75) is 24.3 Å². The standard InChI is InChI=1S/C12H17F2NO4S/c1-9(17)10-3-2-4-11(7-10)20(18,19)15(5-6-16)8-12(13)14/h2-4,7,9,12,16-17H,5-6,8H2,1H3. The first kappa shape index (κ1) is 17.0. The highest BCUT2D eigenvalue weighted by molar-refractivity contribution is 7.89. The van der Waals surface area contributed by atoms with E-state index >= 15 is 0 Å². The largest absolute Gasteiger partial charge is 0.395 e. The second-order valence-electron chi connectivity index (χ2n) is 4.23. The number of aliphatic hydroxyl groups excluding tert-OH is 2. The van der Waals surface area contributed by atoms with Crippen LogP contribution in [0.25, 0.3) is 0 Å². The summed E-state index contributed by atoms with van der Waals surface area (Å²) in [6, 6.07) is 5.45. The van der Waals surface area contributed by atoms with Crippen LogP contribution >= 0.6 is 0 Å². The summed E-state index contributed by atoms with van der Waals surface area (Å²) in [4.78, 5) is -0.190. The highest BCUT2D eigenvalue weighted by atomic mass is 32.2. The van der Waals surface area contributed by atoms with Crippen molar-refractivity contribution in [1.82, 2.24) is 4.31 Å². The summed E-state index contributed by atoms with van der Waals surface area (Å²) in [5.41, 5.74) is 0.368. The minimum absolute atomic E-state index is 0.190. The Hall–Kier alpha value is -1.09. The zero-order valence-electron chi connectivity index (χ0n) is 10.9. The molecular weight excluding hydrogens is 292 g/mol. The molecule has 1 atom stereocenters. The van der Waals surface area contributed by atoms with Crippen LogP contribution in [0, 0.1) is 0 Å². The van der Waals surface area contributed by atoms with Crippen LogP contribution in [0.4, 0.5) is 8.78 Å². The third-order valence-corrected chi connectivity index (χ3v) is 4.53. The maximum Gasteiger partial charge on any atom is 0.252 e. The van der Waals surface area contributed by atoms with Crippen LogP contribution in [-0.4, -0.2) is 49.1 Å². The fourth-order valence-corrected chi connectivity index (χ4v) is 3.12. The molecule has 20 heavy (non-hydrogen) atoms. The zero-order chi connectivity index (χ0) is 15.3. The molecule has 0 radical (unpaired) electrons. The van der Waals surface area contributed by atoms with Gasteiger partial charge in [0.15, 0.2) is 0 Å². The molecule has 8 heteroatoms. The third-order valence-electron chi connectivity index (χ3n) is 2.67. The molecule has 0 spiro atoms. The smallest absolute Gasteiger partial charge is 0.252 e. The number of hydrogen-bond acceptors (Lipinski definition) is 4. The first-order valence-corrected chi connectivity index (χ1v) is 7.40. The summed E-state index contributed by atoms with van der Waals surface area (Å²) in [5.74, 6) is 0. The van der Waals surface area contributed by atoms with Crippen molar-refractivity contribution >= 4 is 10.0 Å². The molecule has 1 unspecified atom stereocenters. The number of hydrogen-bond donors (Lipinski definition) is 2. The minimum Gasteiger partial charge on any atom is -0.395 e. The fourth-order valence-electron chi connectivity index (χ4n) is 1.66. The van der Waals surface area contributed by atoms with E-state index in [9.17, 15) is 22.3 Å². The number of nitrogens with zero attached hydrogens (tertiary/aromatic N) is 1. The Morgan fingerprint density at radius 3 is 2.50 bits per heavy atom. The van der Waals surface area contributed by atoms with E-state index in [1.807, 2.05) is 0 Å². The van der Waals surface area contributed by atoms with Crippen molar-refractivity contribution < 1.29 is 27.4 Å². The van der Waals surface area contributed by atoms with Gasteiger partial charge in [-0.1, -0.05) is 12.1 Å². The van der Waals surface area contributed by atoms with Crippen molar-refractivity contribution in [2.24, 2.45) is 0 Å². The van der Waals surface area contributed by atoms with Gasteiger partial charge in [0.25, 0.3) is 6.43 Å².